The van der Waals surface area contributed by atoms with Crippen LogP contribution in [0.25, 0.3) is 0 Å². The summed E-state index contributed by atoms with van der Waals surface area (Å²) in [4.78, 5) is 2.70. The molecule has 0 bridgehead atoms. The lowest BCUT2D eigenvalue weighted by molar-refractivity contribution is 0.180. The van der Waals surface area contributed by atoms with Crippen molar-refractivity contribution in [3.05, 3.63) is 33.8 Å². The van der Waals surface area contributed by atoms with E-state index in [9.17, 15) is 0 Å². The highest BCUT2D eigenvalue weighted by atomic mass is 79.9. The van der Waals surface area contributed by atoms with Gasteiger partial charge in [0, 0.05) is 10.5 Å². The zero-order chi connectivity index (χ0) is 13.0. The van der Waals surface area contributed by atoms with Crippen LogP contribution in [0.5, 0.6) is 0 Å². The molecule has 0 saturated carbocycles. The summed E-state index contributed by atoms with van der Waals surface area (Å²) in [6.45, 7) is 7.08. The molecule has 0 heterocycles. The van der Waals surface area contributed by atoms with Crippen molar-refractivity contribution in [2.24, 2.45) is 0 Å². The summed E-state index contributed by atoms with van der Waals surface area (Å²) in [7, 11) is 0. The Morgan fingerprint density at radius 1 is 1.22 bits per heavy atom. The summed E-state index contributed by atoms with van der Waals surface area (Å²) in [5.74, 6) is 0. The quantitative estimate of drug-likeness (QED) is 0.778. The van der Waals surface area contributed by atoms with Crippen LogP contribution >= 0.6 is 15.9 Å². The number of rotatable bonds is 5. The second kappa shape index (κ2) is 6.72. The maximum absolute atomic E-state index is 3.69. The topological polar surface area (TPSA) is 3.24 Å². The van der Waals surface area contributed by atoms with Crippen molar-refractivity contribution in [2.45, 2.75) is 52.0 Å². The fourth-order valence-corrected chi connectivity index (χ4v) is 3.71. The maximum atomic E-state index is 3.69. The van der Waals surface area contributed by atoms with Crippen LogP contribution in [-0.4, -0.2) is 24.0 Å². The van der Waals surface area contributed by atoms with Gasteiger partial charge in [-0.05, 0) is 62.4 Å². The van der Waals surface area contributed by atoms with Crippen molar-refractivity contribution in [1.29, 1.82) is 0 Å². The molecule has 1 aliphatic rings. The zero-order valence-electron chi connectivity index (χ0n) is 11.6. The third-order valence-corrected chi connectivity index (χ3v) is 4.68. The summed E-state index contributed by atoms with van der Waals surface area (Å²) >= 11 is 3.69. The molecule has 1 atom stereocenters. The number of halogens is 1. The smallest absolute Gasteiger partial charge is 0.0210 e. The van der Waals surface area contributed by atoms with Gasteiger partial charge in [-0.3, -0.25) is 0 Å². The van der Waals surface area contributed by atoms with E-state index in [2.05, 4.69) is 52.9 Å². The fraction of sp³-hybridized carbons (Fsp3) is 0.625. The van der Waals surface area contributed by atoms with E-state index in [-0.39, 0.29) is 0 Å². The van der Waals surface area contributed by atoms with Crippen molar-refractivity contribution in [3.8, 4) is 0 Å². The van der Waals surface area contributed by atoms with Crippen molar-refractivity contribution < 1.29 is 0 Å². The van der Waals surface area contributed by atoms with Gasteiger partial charge in [-0.25, -0.2) is 0 Å². The Balaban J connectivity index is 2.10. The van der Waals surface area contributed by atoms with Crippen LogP contribution in [-0.2, 0) is 12.8 Å². The van der Waals surface area contributed by atoms with Gasteiger partial charge in [0.15, 0.2) is 0 Å². The molecule has 1 nitrogen and oxygen atoms in total. The van der Waals surface area contributed by atoms with Gasteiger partial charge in [-0.1, -0.05) is 41.9 Å². The first-order chi connectivity index (χ1) is 8.76. The monoisotopic (exact) mass is 309 g/mol. The highest BCUT2D eigenvalue weighted by molar-refractivity contribution is 9.10. The van der Waals surface area contributed by atoms with Gasteiger partial charge >= 0.3 is 0 Å². The third kappa shape index (κ3) is 3.16. The Morgan fingerprint density at radius 2 is 1.94 bits per heavy atom. The molecule has 0 aliphatic heterocycles. The molecule has 0 radical (unpaired) electrons. The highest BCUT2D eigenvalue weighted by Gasteiger charge is 2.24. The minimum atomic E-state index is 0.756. The lowest BCUT2D eigenvalue weighted by Gasteiger charge is -2.35. The Bertz CT molecular complexity index is 383. The summed E-state index contributed by atoms with van der Waals surface area (Å²) in [5.41, 5.74) is 3.10. The summed E-state index contributed by atoms with van der Waals surface area (Å²) in [5, 5.41) is 0. The molecule has 1 unspecified atom stereocenters. The van der Waals surface area contributed by atoms with Crippen LogP contribution in [0.3, 0.4) is 0 Å². The van der Waals surface area contributed by atoms with E-state index in [1.807, 2.05) is 0 Å². The molecule has 0 saturated heterocycles. The Morgan fingerprint density at radius 3 is 2.61 bits per heavy atom. The van der Waals surface area contributed by atoms with E-state index in [0.29, 0.717) is 0 Å². The van der Waals surface area contributed by atoms with Gasteiger partial charge in [0.2, 0.25) is 0 Å². The predicted octanol–water partition coefficient (Wildman–Crippen LogP) is 4.43. The molecule has 2 rings (SSSR count). The van der Waals surface area contributed by atoms with E-state index >= 15 is 0 Å². The average Bonchev–Trinajstić information content (AvgIpc) is 2.38. The minimum Gasteiger partial charge on any atom is -0.300 e. The number of benzene rings is 1. The van der Waals surface area contributed by atoms with Gasteiger partial charge in [0.25, 0.3) is 0 Å². The second-order valence-electron chi connectivity index (χ2n) is 5.31. The number of fused-ring (bicyclic) bond motifs is 1. The molecule has 0 N–H and O–H groups in total. The molecule has 100 valence electrons. The zero-order valence-corrected chi connectivity index (χ0v) is 13.2. The molecular formula is C16H24BrN. The number of hydrogen-bond donors (Lipinski definition) is 0. The van der Waals surface area contributed by atoms with Gasteiger partial charge < -0.3 is 4.90 Å². The van der Waals surface area contributed by atoms with Gasteiger partial charge in [0.05, 0.1) is 0 Å². The number of nitrogens with zero attached hydrogens (tertiary/aromatic N) is 1. The summed E-state index contributed by atoms with van der Waals surface area (Å²) < 4.78 is 1.30. The van der Waals surface area contributed by atoms with Gasteiger partial charge in [-0.2, -0.15) is 0 Å². The van der Waals surface area contributed by atoms with Crippen LogP contribution in [0.15, 0.2) is 22.7 Å². The average molecular weight is 310 g/mol. The molecule has 0 amide bonds. The van der Waals surface area contributed by atoms with E-state index < -0.39 is 0 Å². The van der Waals surface area contributed by atoms with E-state index in [4.69, 9.17) is 0 Å². The van der Waals surface area contributed by atoms with Crippen molar-refractivity contribution in [1.82, 2.24) is 4.90 Å². The van der Waals surface area contributed by atoms with Crippen LogP contribution in [0.2, 0.25) is 0 Å². The van der Waals surface area contributed by atoms with Gasteiger partial charge in [-0.15, -0.1) is 0 Å². The SMILES string of the molecule is CCCN(CCC)C1CCc2c(Br)cccc2C1. The first-order valence-electron chi connectivity index (χ1n) is 7.26. The fourth-order valence-electron chi connectivity index (χ4n) is 3.10. The lowest BCUT2D eigenvalue weighted by atomic mass is 9.87. The Labute approximate surface area is 120 Å². The second-order valence-corrected chi connectivity index (χ2v) is 6.16. The van der Waals surface area contributed by atoms with Crippen LogP contribution in [0, 0.1) is 0 Å². The largest absolute Gasteiger partial charge is 0.300 e. The van der Waals surface area contributed by atoms with E-state index in [1.54, 1.807) is 11.1 Å². The molecule has 18 heavy (non-hydrogen) atoms. The molecule has 1 aromatic carbocycles. The van der Waals surface area contributed by atoms with E-state index in [0.717, 1.165) is 6.04 Å². The maximum Gasteiger partial charge on any atom is 0.0210 e. The number of hydrogen-bond acceptors (Lipinski definition) is 1. The predicted molar refractivity (Wildman–Crippen MR) is 82.1 cm³/mol. The normalized spacial score (nSPS) is 19.0. The summed E-state index contributed by atoms with van der Waals surface area (Å²) in [6.07, 6.45) is 6.30. The minimum absolute atomic E-state index is 0.756. The van der Waals surface area contributed by atoms with Gasteiger partial charge in [0.1, 0.15) is 0 Å². The molecule has 0 fully saturated rings. The highest BCUT2D eigenvalue weighted by Crippen LogP contribution is 2.30. The first kappa shape index (κ1) is 14.1. The molecule has 1 aromatic rings. The Kier molecular flexibility index (Phi) is 5.25. The molecule has 0 spiro atoms. The van der Waals surface area contributed by atoms with Crippen LogP contribution in [0.1, 0.15) is 44.2 Å². The Hall–Kier alpha value is -0.340. The van der Waals surface area contributed by atoms with Crippen molar-refractivity contribution in [2.75, 3.05) is 13.1 Å². The van der Waals surface area contributed by atoms with Crippen molar-refractivity contribution >= 4 is 15.9 Å². The lowest BCUT2D eigenvalue weighted by Crippen LogP contribution is -2.40. The first-order valence-corrected chi connectivity index (χ1v) is 8.05. The van der Waals surface area contributed by atoms with E-state index in [1.165, 1.54) is 49.7 Å². The molecular weight excluding hydrogens is 286 g/mol. The van der Waals surface area contributed by atoms with Crippen LogP contribution in [0.4, 0.5) is 0 Å². The van der Waals surface area contributed by atoms with Crippen LogP contribution < -0.4 is 0 Å². The summed E-state index contributed by atoms with van der Waals surface area (Å²) in [6, 6.07) is 7.42. The standard InChI is InChI=1S/C16H24BrN/c1-3-10-18(11-4-2)14-8-9-15-13(12-14)6-5-7-16(15)17/h5-7,14H,3-4,8-12H2,1-2H3. The molecule has 2 heteroatoms. The molecule has 1 aliphatic carbocycles. The van der Waals surface area contributed by atoms with Crippen molar-refractivity contribution in [3.63, 3.8) is 0 Å². The third-order valence-electron chi connectivity index (χ3n) is 3.94. The molecule has 0 aromatic heterocycles.